The minimum atomic E-state index is -0.323. The molecule has 1 aromatic rings. The van der Waals surface area contributed by atoms with Crippen molar-refractivity contribution in [3.8, 4) is 0 Å². The number of anilines is 1. The van der Waals surface area contributed by atoms with Crippen LogP contribution in [0.15, 0.2) is 29.3 Å². The second-order valence-electron chi connectivity index (χ2n) is 10.1. The van der Waals surface area contributed by atoms with E-state index >= 15 is 0 Å². The lowest BCUT2D eigenvalue weighted by Crippen LogP contribution is -2.47. The molecule has 7 nitrogen and oxygen atoms in total. The number of fused-ring (bicyclic) bond motifs is 2. The lowest BCUT2D eigenvalue weighted by molar-refractivity contribution is -0.128. The summed E-state index contributed by atoms with van der Waals surface area (Å²) in [5.74, 6) is 0.560. The van der Waals surface area contributed by atoms with Gasteiger partial charge in [0.05, 0.1) is 11.3 Å². The molecular formula is C25H36N4O3. The summed E-state index contributed by atoms with van der Waals surface area (Å²) >= 11 is 0. The number of benzene rings is 1. The Morgan fingerprint density at radius 1 is 1.19 bits per heavy atom. The first-order chi connectivity index (χ1) is 15.3. The normalized spacial score (nSPS) is 34.0. The topological polar surface area (TPSA) is 97.0 Å². The lowest BCUT2D eigenvalue weighted by Gasteiger charge is -2.45. The number of ether oxygens (including phenoxy) is 1. The van der Waals surface area contributed by atoms with Crippen LogP contribution in [0.3, 0.4) is 0 Å². The van der Waals surface area contributed by atoms with E-state index in [2.05, 4.69) is 26.0 Å². The van der Waals surface area contributed by atoms with Crippen molar-refractivity contribution in [2.45, 2.75) is 63.3 Å². The van der Waals surface area contributed by atoms with Crippen LogP contribution in [0.4, 0.5) is 5.69 Å². The summed E-state index contributed by atoms with van der Waals surface area (Å²) in [6.45, 7) is 3.87. The number of rotatable bonds is 2. The number of carbonyl (C=O) groups excluding carboxylic acids is 2. The molecular weight excluding hydrogens is 404 g/mol. The number of amidine groups is 1. The van der Waals surface area contributed by atoms with E-state index in [9.17, 15) is 9.59 Å². The first-order valence-corrected chi connectivity index (χ1v) is 11.7. The molecule has 2 amide bonds. The van der Waals surface area contributed by atoms with Gasteiger partial charge in [0.2, 0.25) is 11.8 Å². The number of carbonyl (C=O) groups is 2. The van der Waals surface area contributed by atoms with Gasteiger partial charge in [-0.15, -0.1) is 0 Å². The highest BCUT2D eigenvalue weighted by atomic mass is 16.4. The quantitative estimate of drug-likeness (QED) is 0.544. The number of hydrogen-bond acceptors (Lipinski definition) is 4. The highest BCUT2D eigenvalue weighted by Crippen LogP contribution is 2.54. The van der Waals surface area contributed by atoms with Gasteiger partial charge in [-0.2, -0.15) is 0 Å². The number of nitrogens with one attached hydrogen (secondary N) is 1. The van der Waals surface area contributed by atoms with Crippen LogP contribution in [0, 0.1) is 11.3 Å². The van der Waals surface area contributed by atoms with Gasteiger partial charge in [-0.25, -0.2) is 4.99 Å². The van der Waals surface area contributed by atoms with Crippen molar-refractivity contribution in [3.63, 3.8) is 0 Å². The van der Waals surface area contributed by atoms with Gasteiger partial charge in [-0.3, -0.25) is 14.5 Å². The molecule has 4 aliphatic rings. The first-order valence-electron chi connectivity index (χ1n) is 11.7. The molecule has 0 bridgehead atoms. The van der Waals surface area contributed by atoms with Crippen molar-refractivity contribution in [2.24, 2.45) is 22.1 Å². The number of nitrogens with zero attached hydrogens (tertiary/aromatic N) is 2. The number of likely N-dealkylation sites (tertiary alicyclic amines) is 1. The van der Waals surface area contributed by atoms with E-state index in [-0.39, 0.29) is 23.1 Å². The first kappa shape index (κ1) is 22.9. The Labute approximate surface area is 190 Å². The van der Waals surface area contributed by atoms with Crippen LogP contribution in [-0.4, -0.2) is 55.9 Å². The fraction of sp³-hybridized carbons (Fsp3) is 0.640. The SMILES string of the molecule is CC(N)=NC(=O)C1CC2(CCN(C3CCC4(CC3)C(=O)Nc3ccccc34)C2)C1.COC. The summed E-state index contributed by atoms with van der Waals surface area (Å²) in [4.78, 5) is 31.5. The fourth-order valence-corrected chi connectivity index (χ4v) is 6.37. The Bertz CT molecular complexity index is 894. The fourth-order valence-electron chi connectivity index (χ4n) is 6.37. The van der Waals surface area contributed by atoms with Gasteiger partial charge in [-0.1, -0.05) is 18.2 Å². The van der Waals surface area contributed by atoms with Crippen molar-refractivity contribution >= 4 is 23.3 Å². The molecule has 1 aromatic carbocycles. The maximum absolute atomic E-state index is 12.8. The summed E-state index contributed by atoms with van der Waals surface area (Å²) in [7, 11) is 3.25. The molecule has 2 heterocycles. The van der Waals surface area contributed by atoms with Crippen LogP contribution < -0.4 is 11.1 Å². The molecule has 0 atom stereocenters. The third-order valence-electron chi connectivity index (χ3n) is 7.91. The van der Waals surface area contributed by atoms with Crippen molar-refractivity contribution in [3.05, 3.63) is 29.8 Å². The summed E-state index contributed by atoms with van der Waals surface area (Å²) in [6, 6.07) is 8.73. The standard InChI is InChI=1S/C23H30N4O2.C2H6O/c1-15(24)25-20(28)16-12-22(13-16)10-11-27(14-22)17-6-8-23(9-7-17)18-4-2-3-5-19(18)26-21(23)29;1-3-2/h2-5,16-17H,6-14H2,1H3,(H,26,29)(H2,24,25,28);1-2H3. The molecule has 2 spiro atoms. The molecule has 2 aliphatic carbocycles. The molecule has 3 N–H and O–H groups in total. The Kier molecular flexibility index (Phi) is 6.41. The molecule has 2 aliphatic heterocycles. The monoisotopic (exact) mass is 440 g/mol. The van der Waals surface area contributed by atoms with Gasteiger partial charge in [0.25, 0.3) is 0 Å². The predicted octanol–water partition coefficient (Wildman–Crippen LogP) is 3.09. The average Bonchev–Trinajstić information content (AvgIpc) is 3.29. The van der Waals surface area contributed by atoms with Crippen LogP contribution in [-0.2, 0) is 19.7 Å². The molecule has 32 heavy (non-hydrogen) atoms. The highest BCUT2D eigenvalue weighted by molar-refractivity contribution is 6.06. The Morgan fingerprint density at radius 3 is 2.50 bits per heavy atom. The van der Waals surface area contributed by atoms with E-state index in [1.807, 2.05) is 18.2 Å². The molecule has 5 rings (SSSR count). The molecule has 0 aromatic heterocycles. The maximum Gasteiger partial charge on any atom is 0.250 e. The number of nitrogens with two attached hydrogens (primary N) is 1. The smallest absolute Gasteiger partial charge is 0.250 e. The Hall–Kier alpha value is -2.25. The van der Waals surface area contributed by atoms with Crippen molar-refractivity contribution < 1.29 is 14.3 Å². The van der Waals surface area contributed by atoms with E-state index in [0.29, 0.717) is 17.3 Å². The number of amides is 2. The molecule has 0 unspecified atom stereocenters. The molecule has 2 saturated carbocycles. The number of aliphatic imine (C=N–C) groups is 1. The van der Waals surface area contributed by atoms with Crippen molar-refractivity contribution in [2.75, 3.05) is 32.6 Å². The molecule has 3 fully saturated rings. The van der Waals surface area contributed by atoms with Crippen LogP contribution in [0.2, 0.25) is 0 Å². The molecule has 7 heteroatoms. The largest absolute Gasteiger partial charge is 0.388 e. The number of hydrogen-bond donors (Lipinski definition) is 2. The summed E-state index contributed by atoms with van der Waals surface area (Å²) in [5.41, 5.74) is 7.72. The minimum Gasteiger partial charge on any atom is -0.388 e. The third kappa shape index (κ3) is 4.08. The highest BCUT2D eigenvalue weighted by Gasteiger charge is 2.53. The van der Waals surface area contributed by atoms with Gasteiger partial charge in [-0.05, 0) is 75.5 Å². The summed E-state index contributed by atoms with van der Waals surface area (Å²) in [5, 5.41) is 3.10. The van der Waals surface area contributed by atoms with Gasteiger partial charge in [0.1, 0.15) is 0 Å². The number of para-hydroxylation sites is 1. The molecule has 1 saturated heterocycles. The average molecular weight is 441 g/mol. The van der Waals surface area contributed by atoms with Gasteiger partial charge in [0.15, 0.2) is 0 Å². The third-order valence-corrected chi connectivity index (χ3v) is 7.91. The second-order valence-corrected chi connectivity index (χ2v) is 10.1. The van der Waals surface area contributed by atoms with E-state index in [1.54, 1.807) is 21.1 Å². The maximum atomic E-state index is 12.8. The van der Waals surface area contributed by atoms with Crippen LogP contribution in [0.25, 0.3) is 0 Å². The lowest BCUT2D eigenvalue weighted by atomic mass is 9.61. The van der Waals surface area contributed by atoms with E-state index < -0.39 is 0 Å². The molecule has 0 radical (unpaired) electrons. The predicted molar refractivity (Wildman–Crippen MR) is 126 cm³/mol. The van der Waals surface area contributed by atoms with Crippen molar-refractivity contribution in [1.29, 1.82) is 0 Å². The Balaban J connectivity index is 0.000000775. The van der Waals surface area contributed by atoms with Gasteiger partial charge >= 0.3 is 0 Å². The Morgan fingerprint density at radius 2 is 1.84 bits per heavy atom. The summed E-state index contributed by atoms with van der Waals surface area (Å²) in [6.07, 6.45) is 7.06. The van der Waals surface area contributed by atoms with Gasteiger partial charge < -0.3 is 15.8 Å². The van der Waals surface area contributed by atoms with Crippen molar-refractivity contribution in [1.82, 2.24) is 4.90 Å². The second kappa shape index (κ2) is 8.94. The van der Waals surface area contributed by atoms with Crippen LogP contribution in [0.1, 0.15) is 57.4 Å². The summed E-state index contributed by atoms with van der Waals surface area (Å²) < 4.78 is 4.25. The van der Waals surface area contributed by atoms with E-state index in [1.165, 1.54) is 12.0 Å². The van der Waals surface area contributed by atoms with Gasteiger partial charge in [0, 0.05) is 38.4 Å². The van der Waals surface area contributed by atoms with E-state index in [0.717, 1.165) is 57.3 Å². The minimum absolute atomic E-state index is 0.0420. The van der Waals surface area contributed by atoms with E-state index in [4.69, 9.17) is 5.73 Å². The zero-order valence-electron chi connectivity index (χ0n) is 19.5. The molecule has 174 valence electrons. The zero-order valence-corrected chi connectivity index (χ0v) is 19.5. The zero-order chi connectivity index (χ0) is 22.9. The number of methoxy groups -OCH3 is 1. The van der Waals surface area contributed by atoms with Crippen LogP contribution in [0.5, 0.6) is 0 Å². The van der Waals surface area contributed by atoms with Crippen LogP contribution >= 0.6 is 0 Å².